The summed E-state index contributed by atoms with van der Waals surface area (Å²) in [5, 5.41) is 0.212. The number of hydrogen-bond acceptors (Lipinski definition) is 3. The van der Waals surface area contributed by atoms with Crippen molar-refractivity contribution in [3.05, 3.63) is 12.0 Å². The molecule has 2 unspecified atom stereocenters. The molecule has 1 aliphatic carbocycles. The highest BCUT2D eigenvalue weighted by atomic mass is 32.2. The van der Waals surface area contributed by atoms with Gasteiger partial charge in [-0.3, -0.25) is 0 Å². The van der Waals surface area contributed by atoms with Crippen molar-refractivity contribution >= 4 is 10.0 Å². The smallest absolute Gasteiger partial charge is 0.262 e. The Labute approximate surface area is 121 Å². The molecule has 1 aromatic rings. The predicted octanol–water partition coefficient (Wildman–Crippen LogP) is 1.96. The number of nitrogens with zero attached hydrogens (tertiary/aromatic N) is 3. The Morgan fingerprint density at radius 3 is 2.35 bits per heavy atom. The van der Waals surface area contributed by atoms with Gasteiger partial charge in [-0.15, -0.1) is 0 Å². The molecule has 0 amide bonds. The first-order valence-corrected chi connectivity index (χ1v) is 8.87. The fourth-order valence-electron chi connectivity index (χ4n) is 3.63. The van der Waals surface area contributed by atoms with Gasteiger partial charge in [0.15, 0.2) is 5.03 Å². The molecule has 3 rings (SSSR count). The van der Waals surface area contributed by atoms with Crippen LogP contribution in [0.4, 0.5) is 0 Å². The van der Waals surface area contributed by atoms with Gasteiger partial charge in [0.2, 0.25) is 0 Å². The molecule has 1 saturated carbocycles. The zero-order valence-electron chi connectivity index (χ0n) is 12.4. The molecular weight excluding hydrogens is 274 g/mol. The van der Waals surface area contributed by atoms with Gasteiger partial charge in [0.1, 0.15) is 5.82 Å². The zero-order chi connectivity index (χ0) is 14.5. The summed E-state index contributed by atoms with van der Waals surface area (Å²) in [6.45, 7) is 5.42. The van der Waals surface area contributed by atoms with Gasteiger partial charge in [-0.25, -0.2) is 13.4 Å². The monoisotopic (exact) mass is 297 g/mol. The second-order valence-electron chi connectivity index (χ2n) is 6.48. The van der Waals surface area contributed by atoms with E-state index in [1.165, 1.54) is 19.3 Å². The summed E-state index contributed by atoms with van der Waals surface area (Å²) in [7, 11) is -1.55. The van der Waals surface area contributed by atoms with Gasteiger partial charge in [0.25, 0.3) is 10.0 Å². The van der Waals surface area contributed by atoms with Crippen LogP contribution in [-0.4, -0.2) is 35.4 Å². The maximum absolute atomic E-state index is 12.7. The quantitative estimate of drug-likeness (QED) is 0.857. The molecule has 0 spiro atoms. The molecule has 0 radical (unpaired) electrons. The second kappa shape index (κ2) is 4.84. The van der Waals surface area contributed by atoms with Gasteiger partial charge < -0.3 is 4.57 Å². The normalized spacial score (nSPS) is 27.4. The maximum atomic E-state index is 12.7. The van der Waals surface area contributed by atoms with Crippen molar-refractivity contribution in [1.82, 2.24) is 13.9 Å². The van der Waals surface area contributed by atoms with Crippen LogP contribution in [0, 0.1) is 11.8 Å². The van der Waals surface area contributed by atoms with Gasteiger partial charge in [-0.2, -0.15) is 4.31 Å². The topological polar surface area (TPSA) is 55.2 Å². The van der Waals surface area contributed by atoms with Gasteiger partial charge in [0.05, 0.1) is 0 Å². The van der Waals surface area contributed by atoms with Crippen molar-refractivity contribution in [2.45, 2.75) is 44.1 Å². The molecule has 6 heteroatoms. The molecule has 0 N–H and O–H groups in total. The SMILES string of the molecule is CC(C)c1nc(S(=O)(=O)N2CC3CCCC3C2)cn1C. The average molecular weight is 297 g/mol. The largest absolute Gasteiger partial charge is 0.336 e. The number of rotatable bonds is 3. The number of hydrogen-bond donors (Lipinski definition) is 0. The summed E-state index contributed by atoms with van der Waals surface area (Å²) in [4.78, 5) is 4.35. The van der Waals surface area contributed by atoms with E-state index in [-0.39, 0.29) is 10.9 Å². The van der Waals surface area contributed by atoms with Crippen LogP contribution in [-0.2, 0) is 17.1 Å². The molecule has 2 fully saturated rings. The molecule has 0 aromatic carbocycles. The van der Waals surface area contributed by atoms with Gasteiger partial charge in [-0.05, 0) is 24.7 Å². The van der Waals surface area contributed by atoms with Crippen LogP contribution in [0.25, 0.3) is 0 Å². The number of fused-ring (bicyclic) bond motifs is 1. The van der Waals surface area contributed by atoms with Crippen molar-refractivity contribution in [1.29, 1.82) is 0 Å². The van der Waals surface area contributed by atoms with E-state index in [9.17, 15) is 8.42 Å². The lowest BCUT2D eigenvalue weighted by Crippen LogP contribution is -2.30. The highest BCUT2D eigenvalue weighted by Crippen LogP contribution is 2.39. The summed E-state index contributed by atoms with van der Waals surface area (Å²) >= 11 is 0. The van der Waals surface area contributed by atoms with Crippen LogP contribution in [0.1, 0.15) is 44.9 Å². The maximum Gasteiger partial charge on any atom is 0.262 e. The van der Waals surface area contributed by atoms with Crippen LogP contribution in [0.3, 0.4) is 0 Å². The number of aryl methyl sites for hydroxylation is 1. The lowest BCUT2D eigenvalue weighted by molar-refractivity contribution is 0.443. The standard InChI is InChI=1S/C14H23N3O2S/c1-10(2)14-15-13(9-16(14)3)20(18,19)17-7-11-5-4-6-12(11)8-17/h9-12H,4-8H2,1-3H3. The Morgan fingerprint density at radius 1 is 1.25 bits per heavy atom. The lowest BCUT2D eigenvalue weighted by atomic mass is 10.0. The number of imidazole rings is 1. The number of sulfonamides is 1. The van der Waals surface area contributed by atoms with Crippen LogP contribution in [0.2, 0.25) is 0 Å². The fraction of sp³-hybridized carbons (Fsp3) is 0.786. The van der Waals surface area contributed by atoms with E-state index in [1.807, 2.05) is 25.5 Å². The van der Waals surface area contributed by atoms with Crippen LogP contribution in [0.5, 0.6) is 0 Å². The first kappa shape index (κ1) is 14.1. The highest BCUT2D eigenvalue weighted by Gasteiger charge is 2.42. The van der Waals surface area contributed by atoms with Gasteiger partial charge in [0, 0.05) is 32.3 Å². The van der Waals surface area contributed by atoms with Crippen LogP contribution >= 0.6 is 0 Å². The van der Waals surface area contributed by atoms with Crippen LogP contribution in [0.15, 0.2) is 11.2 Å². The number of aromatic nitrogens is 2. The summed E-state index contributed by atoms with van der Waals surface area (Å²) in [6, 6.07) is 0. The van der Waals surface area contributed by atoms with E-state index in [2.05, 4.69) is 4.98 Å². The van der Waals surface area contributed by atoms with E-state index in [0.717, 1.165) is 5.82 Å². The molecule has 1 saturated heterocycles. The van der Waals surface area contributed by atoms with Gasteiger partial charge >= 0.3 is 0 Å². The predicted molar refractivity (Wildman–Crippen MR) is 76.9 cm³/mol. The van der Waals surface area contributed by atoms with E-state index in [4.69, 9.17) is 0 Å². The Hall–Kier alpha value is -0.880. The minimum Gasteiger partial charge on any atom is -0.336 e. The zero-order valence-corrected chi connectivity index (χ0v) is 13.2. The second-order valence-corrected chi connectivity index (χ2v) is 8.36. The van der Waals surface area contributed by atoms with Crippen molar-refractivity contribution < 1.29 is 8.42 Å². The third-order valence-electron chi connectivity index (χ3n) is 4.70. The van der Waals surface area contributed by atoms with E-state index in [1.54, 1.807) is 10.5 Å². The molecule has 1 aliphatic heterocycles. The third-order valence-corrected chi connectivity index (χ3v) is 6.41. The molecule has 20 heavy (non-hydrogen) atoms. The Bertz CT molecular complexity index is 594. The molecule has 2 heterocycles. The van der Waals surface area contributed by atoms with E-state index < -0.39 is 10.0 Å². The molecule has 2 aliphatic rings. The Balaban J connectivity index is 1.87. The molecule has 2 atom stereocenters. The molecular formula is C14H23N3O2S. The van der Waals surface area contributed by atoms with Gasteiger partial charge in [-0.1, -0.05) is 20.3 Å². The lowest BCUT2D eigenvalue weighted by Gasteiger charge is -2.15. The summed E-state index contributed by atoms with van der Waals surface area (Å²) in [5.41, 5.74) is 0. The Morgan fingerprint density at radius 2 is 1.85 bits per heavy atom. The van der Waals surface area contributed by atoms with E-state index in [0.29, 0.717) is 24.9 Å². The molecule has 5 nitrogen and oxygen atoms in total. The van der Waals surface area contributed by atoms with Crippen molar-refractivity contribution in [2.75, 3.05) is 13.1 Å². The average Bonchev–Trinajstić information content (AvgIpc) is 3.00. The minimum atomic E-state index is -3.41. The summed E-state index contributed by atoms with van der Waals surface area (Å²) < 4.78 is 28.9. The van der Waals surface area contributed by atoms with Crippen molar-refractivity contribution in [2.24, 2.45) is 18.9 Å². The first-order valence-electron chi connectivity index (χ1n) is 7.43. The van der Waals surface area contributed by atoms with E-state index >= 15 is 0 Å². The molecule has 1 aromatic heterocycles. The van der Waals surface area contributed by atoms with Crippen molar-refractivity contribution in [3.8, 4) is 0 Å². The molecule has 112 valence electrons. The Kier molecular flexibility index (Phi) is 3.41. The fourth-order valence-corrected chi connectivity index (χ4v) is 5.17. The minimum absolute atomic E-state index is 0.212. The van der Waals surface area contributed by atoms with Crippen LogP contribution < -0.4 is 0 Å². The first-order chi connectivity index (χ1) is 9.39. The highest BCUT2D eigenvalue weighted by molar-refractivity contribution is 7.89. The molecule has 0 bridgehead atoms. The summed E-state index contributed by atoms with van der Waals surface area (Å²) in [5.74, 6) is 2.18. The third kappa shape index (κ3) is 2.19. The van der Waals surface area contributed by atoms with Crippen molar-refractivity contribution in [3.63, 3.8) is 0 Å². The summed E-state index contributed by atoms with van der Waals surface area (Å²) in [6.07, 6.45) is 5.26.